The number of hydrogen-bond acceptors (Lipinski definition) is 15. The van der Waals surface area contributed by atoms with Gasteiger partial charge in [-0.15, -0.1) is 0 Å². The molecule has 7 heterocycles. The Morgan fingerprint density at radius 2 is 1.04 bits per heavy atom. The quantitative estimate of drug-likeness (QED) is 0.0647. The van der Waals surface area contributed by atoms with Gasteiger partial charge in [0.25, 0.3) is 34.4 Å². The first-order valence-corrected chi connectivity index (χ1v) is 30.0. The van der Waals surface area contributed by atoms with Gasteiger partial charge in [0, 0.05) is 41.7 Å². The molecule has 2 aliphatic heterocycles. The van der Waals surface area contributed by atoms with Gasteiger partial charge in [-0.05, 0) is 135 Å². The van der Waals surface area contributed by atoms with Gasteiger partial charge in [-0.2, -0.15) is 0 Å². The van der Waals surface area contributed by atoms with Gasteiger partial charge in [0.15, 0.2) is 0 Å². The van der Waals surface area contributed by atoms with Crippen LogP contribution in [0.5, 0.6) is 0 Å². The number of nitrogens with zero attached hydrogens (tertiary/aromatic N) is 6. The number of nitrogens with two attached hydrogens (primary N) is 2. The highest BCUT2D eigenvalue weighted by atomic mass is 79.9. The molecule has 5 saturated carbocycles. The van der Waals surface area contributed by atoms with E-state index in [4.69, 9.17) is 46.3 Å². The highest BCUT2D eigenvalue weighted by molar-refractivity contribution is 9.10. The molecule has 23 nitrogen and oxygen atoms in total. The lowest BCUT2D eigenvalue weighted by Crippen LogP contribution is -2.50. The Bertz CT molecular complexity index is 3540. The van der Waals surface area contributed by atoms with Crippen molar-refractivity contribution in [3.63, 3.8) is 0 Å². The predicted molar refractivity (Wildman–Crippen MR) is 321 cm³/mol. The van der Waals surface area contributed by atoms with Crippen LogP contribution in [0.2, 0.25) is 15.1 Å². The maximum atomic E-state index is 13.4. The zero-order valence-corrected chi connectivity index (χ0v) is 51.1. The first-order chi connectivity index (χ1) is 39.4. The van der Waals surface area contributed by atoms with Gasteiger partial charge < -0.3 is 43.0 Å². The van der Waals surface area contributed by atoms with E-state index in [0.717, 1.165) is 89.9 Å². The van der Waals surface area contributed by atoms with Crippen LogP contribution in [0.1, 0.15) is 155 Å². The molecule has 28 heteroatoms. The van der Waals surface area contributed by atoms with E-state index in [-0.39, 0.29) is 95.7 Å². The van der Waals surface area contributed by atoms with Crippen molar-refractivity contribution in [1.29, 1.82) is 0 Å². The fourth-order valence-corrected chi connectivity index (χ4v) is 12.8. The van der Waals surface area contributed by atoms with E-state index in [2.05, 4.69) is 83.4 Å². The number of fused-ring (bicyclic) bond motifs is 2. The fraction of sp³-hybridized carbons (Fsp3) is 0.473. The van der Waals surface area contributed by atoms with Crippen molar-refractivity contribution < 1.29 is 28.8 Å². The van der Waals surface area contributed by atoms with E-state index in [1.165, 1.54) is 52.8 Å². The van der Waals surface area contributed by atoms with E-state index in [9.17, 15) is 43.2 Å². The molecule has 5 aromatic rings. The molecule has 0 spiro atoms. The van der Waals surface area contributed by atoms with Crippen LogP contribution < -0.4 is 54.7 Å². The SMILES string of the molecule is CC(=O)C1CCCC1.CC1(C2CCCC2)NC(=O)c2c(Cl)cc(Br)c(=O)n21.CC1(C2CCCC2)NC(=O)c2c(Cl)cc(Nc3cc(NC(=O)C4CC4)ncn3)c(=O)n21.NC(=O)c1[nH]c(=O)c(Br)cc1Cl.Nc1cc(NC(=O)C2CC2)ncn1. The minimum absolute atomic E-state index is 0.0260. The Balaban J connectivity index is 0.000000148. The van der Waals surface area contributed by atoms with E-state index in [0.29, 0.717) is 44.5 Å². The van der Waals surface area contributed by atoms with Crippen LogP contribution in [0.15, 0.2) is 66.3 Å². The molecular formula is C55H63Br2Cl3N14O9. The monoisotopic (exact) mass is 1330 g/mol. The third-order valence-electron chi connectivity index (χ3n) is 15.8. The summed E-state index contributed by atoms with van der Waals surface area (Å²) in [5, 5.41) is 15.0. The number of carbonyl (C=O) groups is 6. The van der Waals surface area contributed by atoms with Crippen molar-refractivity contribution in [3.05, 3.63) is 115 Å². The standard InChI is InChI=1S/C21H23ClN6O3.C13H14BrClN2O2.C8H10N4O.C7H12O.C6H4BrClN2O2/c1-21(12-4-2-3-5-12)27-19(30)17-13(22)8-14(20(31)28(17)21)25-15-9-16(24-10-23-15)26-18(29)11-6-7-11;1-13(7-4-2-3-5-7)16-11(18)10-9(15)6-8(14)12(19)17(10)13;9-6-3-7(11-4-10-6)12-8(13)5-1-2-5;1-6(8)7-4-2-3-5-7;7-2-1-3(8)4(5(9)11)10-6(2)12/h8-12H,2-7H2,1H3,(H,27,30)(H2,23,24,25,26,29);6-7H,2-5H2,1H3,(H,16,18);3-5H,1-2H2,(H3,9,10,11,12,13);7H,2-5H2,1H3;1H,(H2,9,11)(H,10,12). The van der Waals surface area contributed by atoms with E-state index in [1.54, 1.807) is 19.1 Å². The normalized spacial score (nSPS) is 20.5. The van der Waals surface area contributed by atoms with Crippen molar-refractivity contribution in [2.24, 2.45) is 35.3 Å². The molecule has 5 aliphatic carbocycles. The summed E-state index contributed by atoms with van der Waals surface area (Å²) in [4.78, 5) is 124. The second-order valence-corrected chi connectivity index (χ2v) is 24.7. The van der Waals surface area contributed by atoms with Crippen LogP contribution >= 0.6 is 66.7 Å². The van der Waals surface area contributed by atoms with Crippen molar-refractivity contribution in [3.8, 4) is 0 Å². The van der Waals surface area contributed by atoms with Gasteiger partial charge in [0.1, 0.15) is 75.8 Å². The number of nitrogen functional groups attached to an aromatic ring is 1. The van der Waals surface area contributed by atoms with Crippen LogP contribution in [-0.4, -0.2) is 69.4 Å². The summed E-state index contributed by atoms with van der Waals surface area (Å²) < 4.78 is 3.68. The molecule has 5 amide bonds. The number of primary amides is 1. The average molecular weight is 1330 g/mol. The van der Waals surface area contributed by atoms with Crippen molar-refractivity contribution in [1.82, 2.24) is 44.7 Å². The van der Waals surface area contributed by atoms with E-state index >= 15 is 0 Å². The van der Waals surface area contributed by atoms with Crippen molar-refractivity contribution in [2.45, 2.75) is 135 Å². The van der Waals surface area contributed by atoms with Gasteiger partial charge in [-0.25, -0.2) is 19.9 Å². The highest BCUT2D eigenvalue weighted by Gasteiger charge is 2.49. The second-order valence-electron chi connectivity index (χ2n) is 21.8. The number of aromatic nitrogens is 7. The lowest BCUT2D eigenvalue weighted by molar-refractivity contribution is -0.120. The Kier molecular flexibility index (Phi) is 20.0. The number of Topliss-reactive ketones (excluding diaryl/α,β-unsaturated/α-hetero) is 1. The number of halogens is 5. The topological polar surface area (TPSA) is 343 Å². The van der Waals surface area contributed by atoms with Gasteiger partial charge in [-0.1, -0.05) is 73.3 Å². The third kappa shape index (κ3) is 14.7. The molecule has 12 rings (SSSR count). The van der Waals surface area contributed by atoms with Gasteiger partial charge in [0.05, 0.1) is 24.0 Å². The minimum Gasteiger partial charge on any atom is -0.384 e. The maximum Gasteiger partial charge on any atom is 0.276 e. The molecule has 2 unspecified atom stereocenters. The number of nitrogens with one attached hydrogen (secondary N) is 6. The molecule has 0 radical (unpaired) electrons. The Labute approximate surface area is 508 Å². The largest absolute Gasteiger partial charge is 0.384 e. The number of rotatable bonds is 10. The van der Waals surface area contributed by atoms with Gasteiger partial charge in [-0.3, -0.25) is 52.3 Å². The average Bonchev–Trinajstić information content (AvgIpc) is 2.03. The number of carbonyl (C=O) groups excluding carboxylic acids is 6. The Morgan fingerprint density at radius 3 is 1.51 bits per heavy atom. The molecule has 7 aliphatic rings. The summed E-state index contributed by atoms with van der Waals surface area (Å²) in [5.74, 6) is 1.61. The molecule has 5 fully saturated rings. The Hall–Kier alpha value is -6.54. The molecule has 0 bridgehead atoms. The minimum atomic E-state index is -0.823. The second kappa shape index (κ2) is 26.6. The first kappa shape index (κ1) is 62.5. The van der Waals surface area contributed by atoms with Gasteiger partial charge >= 0.3 is 0 Å². The number of pyridine rings is 3. The first-order valence-electron chi connectivity index (χ1n) is 27.3. The Morgan fingerprint density at radius 1 is 0.590 bits per heavy atom. The molecule has 0 saturated heterocycles. The summed E-state index contributed by atoms with van der Waals surface area (Å²) in [6.07, 6.45) is 19.6. The van der Waals surface area contributed by atoms with E-state index in [1.807, 2.05) is 13.8 Å². The van der Waals surface area contributed by atoms with Crippen molar-refractivity contribution >= 4 is 131 Å². The van der Waals surface area contributed by atoms with Crippen LogP contribution in [0.25, 0.3) is 0 Å². The van der Waals surface area contributed by atoms with Crippen LogP contribution in [0, 0.1) is 29.6 Å². The number of amides is 5. The number of H-pyrrole nitrogens is 1. The van der Waals surface area contributed by atoms with Crippen LogP contribution in [-0.2, 0) is 25.7 Å². The molecule has 5 aromatic heterocycles. The van der Waals surface area contributed by atoms with E-state index < -0.39 is 22.8 Å². The smallest absolute Gasteiger partial charge is 0.276 e. The third-order valence-corrected chi connectivity index (χ3v) is 17.8. The zero-order chi connectivity index (χ0) is 60.1. The summed E-state index contributed by atoms with van der Waals surface area (Å²) in [7, 11) is 0. The molecule has 442 valence electrons. The van der Waals surface area contributed by atoms with Crippen molar-refractivity contribution in [2.75, 3.05) is 21.7 Å². The lowest BCUT2D eigenvalue weighted by atomic mass is 9.92. The lowest BCUT2D eigenvalue weighted by Gasteiger charge is -2.33. The molecule has 2 atom stereocenters. The summed E-state index contributed by atoms with van der Waals surface area (Å²) in [5.41, 5.74) is 8.47. The predicted octanol–water partition coefficient (Wildman–Crippen LogP) is 8.92. The highest BCUT2D eigenvalue weighted by Crippen LogP contribution is 2.43. The van der Waals surface area contributed by atoms with Gasteiger partial charge in [0.2, 0.25) is 11.8 Å². The number of hydrogen-bond donors (Lipinski definition) is 8. The molecule has 83 heavy (non-hydrogen) atoms. The number of ketones is 1. The molecule has 10 N–H and O–H groups in total. The molecule has 0 aromatic carbocycles. The van der Waals surface area contributed by atoms with Crippen LogP contribution in [0.3, 0.4) is 0 Å². The summed E-state index contributed by atoms with van der Waals surface area (Å²) in [6.45, 7) is 5.51. The van der Waals surface area contributed by atoms with Crippen LogP contribution in [0.4, 0.5) is 29.0 Å². The summed E-state index contributed by atoms with van der Waals surface area (Å²) >= 11 is 24.3. The number of aromatic amines is 1. The maximum absolute atomic E-state index is 13.4. The summed E-state index contributed by atoms with van der Waals surface area (Å²) in [6, 6.07) is 7.36. The molecular weight excluding hydrogens is 1270 g/mol. The zero-order valence-electron chi connectivity index (χ0n) is 45.6. The fourth-order valence-electron chi connectivity index (χ4n) is 11.0. The number of anilines is 5.